The molecular formula is C18H31N3O2S. The van der Waals surface area contributed by atoms with E-state index in [1.54, 1.807) is 14.0 Å². The summed E-state index contributed by atoms with van der Waals surface area (Å²) in [4.78, 5) is 4.16. The fraction of sp³-hybridized carbons (Fsp3) is 0.611. The Morgan fingerprint density at radius 2 is 1.79 bits per heavy atom. The Balaban J connectivity index is 2.56. The predicted octanol–water partition coefficient (Wildman–Crippen LogP) is 2.55. The maximum absolute atomic E-state index is 11.5. The van der Waals surface area contributed by atoms with E-state index in [1.807, 2.05) is 0 Å². The van der Waals surface area contributed by atoms with Crippen LogP contribution in [-0.2, 0) is 16.3 Å². The molecule has 0 aliphatic heterocycles. The van der Waals surface area contributed by atoms with E-state index in [9.17, 15) is 8.42 Å². The third-order valence-electron chi connectivity index (χ3n) is 3.85. The van der Waals surface area contributed by atoms with Crippen LogP contribution in [0.2, 0.25) is 0 Å². The van der Waals surface area contributed by atoms with Crippen molar-refractivity contribution >= 4 is 15.8 Å². The van der Waals surface area contributed by atoms with Gasteiger partial charge in [-0.05, 0) is 30.4 Å². The Morgan fingerprint density at radius 3 is 2.29 bits per heavy atom. The zero-order valence-electron chi connectivity index (χ0n) is 15.5. The average Bonchev–Trinajstić information content (AvgIpc) is 2.53. The summed E-state index contributed by atoms with van der Waals surface area (Å²) in [5.41, 5.74) is 2.51. The van der Waals surface area contributed by atoms with E-state index < -0.39 is 9.84 Å². The van der Waals surface area contributed by atoms with Crippen molar-refractivity contribution in [2.24, 2.45) is 10.9 Å². The number of sulfone groups is 1. The molecule has 1 atom stereocenters. The molecule has 0 aromatic heterocycles. The number of nitrogens with one attached hydrogen (secondary N) is 2. The summed E-state index contributed by atoms with van der Waals surface area (Å²) >= 11 is 0. The van der Waals surface area contributed by atoms with E-state index in [1.165, 1.54) is 11.1 Å². The monoisotopic (exact) mass is 353 g/mol. The van der Waals surface area contributed by atoms with Crippen molar-refractivity contribution in [1.29, 1.82) is 0 Å². The molecule has 0 aliphatic rings. The van der Waals surface area contributed by atoms with Crippen molar-refractivity contribution in [2.45, 2.75) is 40.2 Å². The van der Waals surface area contributed by atoms with E-state index >= 15 is 0 Å². The third-order valence-corrected chi connectivity index (χ3v) is 5.55. The molecule has 0 amide bonds. The maximum atomic E-state index is 11.5. The molecule has 2 N–H and O–H groups in total. The van der Waals surface area contributed by atoms with Gasteiger partial charge in [-0.15, -0.1) is 0 Å². The van der Waals surface area contributed by atoms with Crippen molar-refractivity contribution in [1.82, 2.24) is 10.6 Å². The molecule has 1 rings (SSSR count). The molecular weight excluding hydrogens is 322 g/mol. The van der Waals surface area contributed by atoms with Crippen LogP contribution in [-0.4, -0.2) is 39.5 Å². The minimum atomic E-state index is -2.96. The summed E-state index contributed by atoms with van der Waals surface area (Å²) in [6.45, 7) is 8.51. The Labute approximate surface area is 146 Å². The van der Waals surface area contributed by atoms with Crippen LogP contribution in [0, 0.1) is 5.92 Å². The van der Waals surface area contributed by atoms with Gasteiger partial charge in [-0.3, -0.25) is 4.99 Å². The smallest absolute Gasteiger partial charge is 0.191 e. The highest BCUT2D eigenvalue weighted by Crippen LogP contribution is 2.15. The number of hydrogen-bond acceptors (Lipinski definition) is 3. The normalized spacial score (nSPS) is 13.8. The second-order valence-corrected chi connectivity index (χ2v) is 8.91. The lowest BCUT2D eigenvalue weighted by molar-refractivity contribution is 0.595. The molecule has 1 aromatic carbocycles. The summed E-state index contributed by atoms with van der Waals surface area (Å²) in [7, 11) is -1.28. The van der Waals surface area contributed by atoms with Crippen molar-refractivity contribution in [3.63, 3.8) is 0 Å². The SMILES string of the molecule is CCS(=O)(=O)CCNC(=NC)NC(C)c1ccc(CC(C)C)cc1. The zero-order chi connectivity index (χ0) is 18.2. The van der Waals surface area contributed by atoms with Gasteiger partial charge in [-0.25, -0.2) is 8.42 Å². The average molecular weight is 354 g/mol. The summed E-state index contributed by atoms with van der Waals surface area (Å²) < 4.78 is 23.0. The molecule has 0 saturated heterocycles. The topological polar surface area (TPSA) is 70.6 Å². The number of rotatable bonds is 8. The number of aliphatic imine (C=N–C) groups is 1. The fourth-order valence-corrected chi connectivity index (χ4v) is 3.07. The van der Waals surface area contributed by atoms with Crippen LogP contribution in [0.3, 0.4) is 0 Å². The first-order valence-electron chi connectivity index (χ1n) is 8.53. The lowest BCUT2D eigenvalue weighted by Gasteiger charge is -2.18. The van der Waals surface area contributed by atoms with E-state index in [0.717, 1.165) is 6.42 Å². The van der Waals surface area contributed by atoms with Gasteiger partial charge in [0.15, 0.2) is 15.8 Å². The van der Waals surface area contributed by atoms with Gasteiger partial charge in [0.1, 0.15) is 0 Å². The van der Waals surface area contributed by atoms with Gasteiger partial charge in [0.2, 0.25) is 0 Å². The third kappa shape index (κ3) is 7.34. The van der Waals surface area contributed by atoms with Crippen molar-refractivity contribution in [2.75, 3.05) is 25.1 Å². The molecule has 0 aliphatic carbocycles. The molecule has 0 radical (unpaired) electrons. The van der Waals surface area contributed by atoms with Crippen molar-refractivity contribution < 1.29 is 8.42 Å². The van der Waals surface area contributed by atoms with Crippen LogP contribution < -0.4 is 10.6 Å². The Kier molecular flexibility index (Phi) is 8.25. The number of guanidine groups is 1. The number of nitrogens with zero attached hydrogens (tertiary/aromatic N) is 1. The quantitative estimate of drug-likeness (QED) is 0.556. The second kappa shape index (κ2) is 9.67. The predicted molar refractivity (Wildman–Crippen MR) is 102 cm³/mol. The standard InChI is InChI=1S/C18H31N3O2S/c1-6-24(22,23)12-11-20-18(19-5)21-15(4)17-9-7-16(8-10-17)13-14(2)3/h7-10,14-15H,6,11-13H2,1-5H3,(H2,19,20,21). The van der Waals surface area contributed by atoms with Crippen LogP contribution in [0.15, 0.2) is 29.3 Å². The first kappa shape index (κ1) is 20.5. The van der Waals surface area contributed by atoms with Crippen LogP contribution in [0.5, 0.6) is 0 Å². The van der Waals surface area contributed by atoms with Gasteiger partial charge in [0.05, 0.1) is 11.8 Å². The van der Waals surface area contributed by atoms with Gasteiger partial charge in [0, 0.05) is 19.3 Å². The van der Waals surface area contributed by atoms with Crippen LogP contribution in [0.25, 0.3) is 0 Å². The molecule has 24 heavy (non-hydrogen) atoms. The van der Waals surface area contributed by atoms with Gasteiger partial charge < -0.3 is 10.6 Å². The molecule has 6 heteroatoms. The minimum absolute atomic E-state index is 0.0899. The molecule has 0 fully saturated rings. The Bertz CT molecular complexity index is 622. The largest absolute Gasteiger partial charge is 0.355 e. The van der Waals surface area contributed by atoms with Gasteiger partial charge in [-0.1, -0.05) is 45.0 Å². The molecule has 136 valence electrons. The molecule has 1 aromatic rings. The van der Waals surface area contributed by atoms with E-state index in [-0.39, 0.29) is 17.5 Å². The highest BCUT2D eigenvalue weighted by molar-refractivity contribution is 7.91. The minimum Gasteiger partial charge on any atom is -0.355 e. The summed E-state index contributed by atoms with van der Waals surface area (Å²) in [5.74, 6) is 1.54. The van der Waals surface area contributed by atoms with E-state index in [2.05, 4.69) is 60.7 Å². The number of hydrogen-bond donors (Lipinski definition) is 2. The van der Waals surface area contributed by atoms with Crippen LogP contribution in [0.1, 0.15) is 44.9 Å². The highest BCUT2D eigenvalue weighted by Gasteiger charge is 2.10. The van der Waals surface area contributed by atoms with Crippen molar-refractivity contribution in [3.8, 4) is 0 Å². The zero-order valence-corrected chi connectivity index (χ0v) is 16.3. The number of benzene rings is 1. The Hall–Kier alpha value is -1.56. The fourth-order valence-electron chi connectivity index (χ4n) is 2.37. The molecule has 0 bridgehead atoms. The maximum Gasteiger partial charge on any atom is 0.191 e. The molecule has 0 spiro atoms. The molecule has 0 heterocycles. The van der Waals surface area contributed by atoms with Crippen LogP contribution >= 0.6 is 0 Å². The van der Waals surface area contributed by atoms with E-state index in [4.69, 9.17) is 0 Å². The molecule has 0 saturated carbocycles. The second-order valence-electron chi connectivity index (χ2n) is 6.44. The first-order chi connectivity index (χ1) is 11.3. The Morgan fingerprint density at radius 1 is 1.17 bits per heavy atom. The summed E-state index contributed by atoms with van der Waals surface area (Å²) in [6.07, 6.45) is 1.08. The van der Waals surface area contributed by atoms with Crippen LogP contribution in [0.4, 0.5) is 0 Å². The van der Waals surface area contributed by atoms with E-state index in [0.29, 0.717) is 18.4 Å². The highest BCUT2D eigenvalue weighted by atomic mass is 32.2. The lowest BCUT2D eigenvalue weighted by Crippen LogP contribution is -2.40. The van der Waals surface area contributed by atoms with Crippen molar-refractivity contribution in [3.05, 3.63) is 35.4 Å². The lowest BCUT2D eigenvalue weighted by atomic mass is 10.00. The summed E-state index contributed by atoms with van der Waals surface area (Å²) in [6, 6.07) is 8.68. The molecule has 5 nitrogen and oxygen atoms in total. The van der Waals surface area contributed by atoms with Gasteiger partial charge in [-0.2, -0.15) is 0 Å². The first-order valence-corrected chi connectivity index (χ1v) is 10.4. The summed E-state index contributed by atoms with van der Waals surface area (Å²) in [5, 5.41) is 6.35. The molecule has 1 unspecified atom stereocenters. The van der Waals surface area contributed by atoms with Gasteiger partial charge >= 0.3 is 0 Å². The van der Waals surface area contributed by atoms with Gasteiger partial charge in [0.25, 0.3) is 0 Å².